The normalized spacial score (nSPS) is 15.1. The third kappa shape index (κ3) is 2.97. The van der Waals surface area contributed by atoms with Crippen molar-refractivity contribution < 1.29 is 17.3 Å². The molecule has 1 unspecified atom stereocenters. The molecule has 0 N–H and O–H groups in total. The molecule has 5 aromatic heterocycles. The van der Waals surface area contributed by atoms with Crippen LogP contribution in [-0.2, 0) is 17.3 Å². The van der Waals surface area contributed by atoms with Crippen LogP contribution in [0.4, 0.5) is 8.78 Å². The highest BCUT2D eigenvalue weighted by Gasteiger charge is 2.48. The maximum atomic E-state index is 15.2. The van der Waals surface area contributed by atoms with E-state index < -0.39 is 19.7 Å². The zero-order valence-corrected chi connectivity index (χ0v) is 21.7. The van der Waals surface area contributed by atoms with Gasteiger partial charge in [-0.1, -0.05) is 38.9 Å². The highest BCUT2D eigenvalue weighted by molar-refractivity contribution is 7.42. The Hall–Kier alpha value is -3.18. The van der Waals surface area contributed by atoms with Crippen LogP contribution >= 0.6 is 7.84 Å². The van der Waals surface area contributed by atoms with E-state index in [1.165, 1.54) is 6.07 Å². The molecule has 0 spiro atoms. The number of nitrogens with zero attached hydrogens (tertiary/aromatic N) is 5. The minimum Gasteiger partial charge on any atom is -0.190 e. The van der Waals surface area contributed by atoms with Crippen molar-refractivity contribution >= 4 is 23.9 Å². The van der Waals surface area contributed by atoms with Gasteiger partial charge in [-0.15, -0.1) is 13.2 Å². The first-order valence-electron chi connectivity index (χ1n) is 11.9. The van der Waals surface area contributed by atoms with Crippen LogP contribution < -0.4 is 8.50 Å². The van der Waals surface area contributed by atoms with Crippen molar-refractivity contribution in [2.24, 2.45) is 0 Å². The van der Waals surface area contributed by atoms with Crippen molar-refractivity contribution in [2.45, 2.75) is 58.8 Å². The molecule has 0 aromatic carbocycles. The average molecular weight is 492 g/mol. The molecule has 0 bridgehead atoms. The van der Waals surface area contributed by atoms with Gasteiger partial charge in [0.15, 0.2) is 0 Å². The second-order valence-corrected chi connectivity index (χ2v) is 12.6. The van der Waals surface area contributed by atoms with Gasteiger partial charge < -0.3 is 0 Å². The fraction of sp³-hybridized carbons (Fsp3) is 0.333. The molecule has 0 radical (unpaired) electrons. The van der Waals surface area contributed by atoms with Crippen LogP contribution in [0.25, 0.3) is 21.8 Å². The molecular formula is C27H28F2N5P+2. The summed E-state index contributed by atoms with van der Waals surface area (Å²) in [5.41, 5.74) is 4.52. The molecule has 1 aliphatic rings. The van der Waals surface area contributed by atoms with Gasteiger partial charge in [-0.05, 0) is 26.0 Å². The standard InChI is InChI=1S/C27H28F2N5P/c1-7-16-14-19(26(2,3)4)31-32(16)23-13-9-12-21-27(5,6)20-11-8-10-17-24-18(15-22(28)30-25(24)29)35(33(17)20)34(21)23/h8-15H,7H2,1-6H3/q+2. The number of rotatable bonds is 2. The second-order valence-electron chi connectivity index (χ2n) is 10.8. The lowest BCUT2D eigenvalue weighted by atomic mass is 9.84. The van der Waals surface area contributed by atoms with E-state index in [4.69, 9.17) is 5.10 Å². The average Bonchev–Trinajstić information content (AvgIpc) is 3.37. The van der Waals surface area contributed by atoms with E-state index >= 15 is 4.39 Å². The van der Waals surface area contributed by atoms with Crippen LogP contribution in [0.5, 0.6) is 0 Å². The molecule has 1 atom stereocenters. The monoisotopic (exact) mass is 491 g/mol. The lowest BCUT2D eigenvalue weighted by Gasteiger charge is -2.25. The predicted octanol–water partition coefficient (Wildman–Crippen LogP) is 5.52. The van der Waals surface area contributed by atoms with E-state index in [0.717, 1.165) is 40.5 Å². The number of pyridine rings is 3. The van der Waals surface area contributed by atoms with Gasteiger partial charge in [-0.2, -0.15) is 13.8 Å². The van der Waals surface area contributed by atoms with E-state index in [-0.39, 0.29) is 10.8 Å². The maximum Gasteiger partial charge on any atom is 0.358 e. The zero-order valence-electron chi connectivity index (χ0n) is 20.8. The fourth-order valence-corrected chi connectivity index (χ4v) is 8.23. The highest BCUT2D eigenvalue weighted by Crippen LogP contribution is 2.43. The summed E-state index contributed by atoms with van der Waals surface area (Å²) in [6.45, 7) is 13.0. The Bertz CT molecular complexity index is 1670. The topological polar surface area (TPSA) is 38.7 Å². The molecule has 8 heteroatoms. The van der Waals surface area contributed by atoms with Crippen molar-refractivity contribution in [3.8, 4) is 5.82 Å². The van der Waals surface area contributed by atoms with Crippen molar-refractivity contribution in [1.29, 1.82) is 0 Å². The summed E-state index contributed by atoms with van der Waals surface area (Å²) in [5.74, 6) is -0.669. The second kappa shape index (κ2) is 7.17. The summed E-state index contributed by atoms with van der Waals surface area (Å²) < 4.78 is 36.1. The molecular weight excluding hydrogens is 463 g/mol. The minimum atomic E-state index is -1.34. The van der Waals surface area contributed by atoms with Gasteiger partial charge in [0.25, 0.3) is 0 Å². The first-order chi connectivity index (χ1) is 16.5. The Labute approximate surface area is 203 Å². The van der Waals surface area contributed by atoms with Gasteiger partial charge in [0.2, 0.25) is 23.1 Å². The molecule has 0 aliphatic carbocycles. The van der Waals surface area contributed by atoms with Crippen LogP contribution in [0.1, 0.15) is 64.3 Å². The Morgan fingerprint density at radius 2 is 1.74 bits per heavy atom. The van der Waals surface area contributed by atoms with Crippen molar-refractivity contribution in [1.82, 2.24) is 14.8 Å². The molecule has 35 heavy (non-hydrogen) atoms. The Morgan fingerprint density at radius 3 is 2.46 bits per heavy atom. The molecule has 0 saturated heterocycles. The first-order valence-corrected chi connectivity index (χ1v) is 13.2. The van der Waals surface area contributed by atoms with Crippen LogP contribution in [0.2, 0.25) is 0 Å². The van der Waals surface area contributed by atoms with Gasteiger partial charge in [0.05, 0.1) is 5.69 Å². The smallest absolute Gasteiger partial charge is 0.190 e. The van der Waals surface area contributed by atoms with Crippen LogP contribution in [0.3, 0.4) is 0 Å². The van der Waals surface area contributed by atoms with Gasteiger partial charge in [-0.3, -0.25) is 0 Å². The molecule has 1 aliphatic heterocycles. The summed E-state index contributed by atoms with van der Waals surface area (Å²) in [6.07, 6.45) is 0.813. The Morgan fingerprint density at radius 1 is 1.03 bits per heavy atom. The minimum absolute atomic E-state index is 0.105. The number of aryl methyl sites for hydroxylation is 1. The molecule has 0 fully saturated rings. The van der Waals surface area contributed by atoms with Gasteiger partial charge in [0, 0.05) is 42.2 Å². The SMILES string of the molecule is CCc1cc(C(C)(C)C)nn1-c1cccc2[n+]1-p1c3cc(F)nc(F)c3c3cccc([n+]31)C2(C)C. The number of hydrogen-bond acceptors (Lipinski definition) is 2. The summed E-state index contributed by atoms with van der Waals surface area (Å²) in [5, 5.41) is 6.07. The molecule has 178 valence electrons. The fourth-order valence-electron chi connectivity index (χ4n) is 5.23. The van der Waals surface area contributed by atoms with E-state index in [1.54, 1.807) is 0 Å². The molecule has 5 aromatic rings. The number of halogens is 2. The van der Waals surface area contributed by atoms with Crippen molar-refractivity contribution in [3.63, 3.8) is 0 Å². The Balaban J connectivity index is 1.82. The molecule has 5 nitrogen and oxygen atoms in total. The van der Waals surface area contributed by atoms with Crippen LogP contribution in [0, 0.1) is 11.9 Å². The van der Waals surface area contributed by atoms with Crippen LogP contribution in [0.15, 0.2) is 48.5 Å². The van der Waals surface area contributed by atoms with Crippen molar-refractivity contribution in [3.05, 3.63) is 83.2 Å². The van der Waals surface area contributed by atoms with Gasteiger partial charge in [0.1, 0.15) is 27.3 Å². The highest BCUT2D eigenvalue weighted by atomic mass is 31.1. The third-order valence-electron chi connectivity index (χ3n) is 7.09. The van der Waals surface area contributed by atoms with E-state index in [9.17, 15) is 4.39 Å². The molecule has 6 rings (SSSR count). The molecule has 6 heterocycles. The van der Waals surface area contributed by atoms with Gasteiger partial charge >= 0.3 is 13.7 Å². The van der Waals surface area contributed by atoms with E-state index in [1.807, 2.05) is 16.8 Å². The summed E-state index contributed by atoms with van der Waals surface area (Å²) >= 11 is 0. The molecule has 0 amide bonds. The maximum absolute atomic E-state index is 15.2. The largest absolute Gasteiger partial charge is 0.358 e. The first kappa shape index (κ1) is 22.3. The van der Waals surface area contributed by atoms with E-state index in [0.29, 0.717) is 10.5 Å². The zero-order chi connectivity index (χ0) is 24.9. The summed E-state index contributed by atoms with van der Waals surface area (Å²) in [6, 6.07) is 15.7. The lowest BCUT2D eigenvalue weighted by molar-refractivity contribution is -0.597. The molecule has 0 saturated carbocycles. The van der Waals surface area contributed by atoms with Crippen LogP contribution in [-0.4, -0.2) is 14.8 Å². The summed E-state index contributed by atoms with van der Waals surface area (Å²) in [7, 11) is -1.34. The number of hydrogen-bond donors (Lipinski definition) is 0. The quantitative estimate of drug-likeness (QED) is 0.305. The predicted molar refractivity (Wildman–Crippen MR) is 132 cm³/mol. The van der Waals surface area contributed by atoms with Gasteiger partial charge in [-0.25, -0.2) is 0 Å². The third-order valence-corrected chi connectivity index (χ3v) is 9.49. The van der Waals surface area contributed by atoms with Crippen molar-refractivity contribution in [2.75, 3.05) is 0 Å². The van der Waals surface area contributed by atoms with E-state index in [2.05, 4.69) is 85.4 Å². The lowest BCUT2D eigenvalue weighted by Crippen LogP contribution is -2.53. The number of aromatic nitrogens is 5. The summed E-state index contributed by atoms with van der Waals surface area (Å²) in [4.78, 5) is 3.53. The number of fused-ring (bicyclic) bond motifs is 5. The Kier molecular flexibility index (Phi) is 4.57.